The number of carbonyl (C=O) groups is 2. The second-order valence-electron chi connectivity index (χ2n) is 2.06. The third-order valence-electron chi connectivity index (χ3n) is 1.01. The number of hydrogen-bond donors (Lipinski definition) is 1. The zero-order valence-electron chi connectivity index (χ0n) is 7.43. The Balaban J connectivity index is 3.88. The summed E-state index contributed by atoms with van der Waals surface area (Å²) in [6, 6.07) is 0. The van der Waals surface area contributed by atoms with Crippen molar-refractivity contribution in [2.75, 3.05) is 6.61 Å². The van der Waals surface area contributed by atoms with Crippen LogP contribution in [0.5, 0.6) is 0 Å². The minimum absolute atomic E-state index is 0.380. The summed E-state index contributed by atoms with van der Waals surface area (Å²) in [7, 11) is 0. The van der Waals surface area contributed by atoms with Crippen molar-refractivity contribution < 1.29 is 24.2 Å². The predicted molar refractivity (Wildman–Crippen MR) is 48.2 cm³/mol. The number of carbonyl (C=O) groups excluding carboxylic acids is 2. The van der Waals surface area contributed by atoms with Crippen molar-refractivity contribution in [3.63, 3.8) is 0 Å². The molecule has 0 aromatic rings. The van der Waals surface area contributed by atoms with E-state index in [4.69, 9.17) is 5.11 Å². The van der Waals surface area contributed by atoms with Crippen LogP contribution in [0.15, 0.2) is 37.3 Å². The molecule has 0 saturated heterocycles. The lowest BCUT2D eigenvalue weighted by Crippen LogP contribution is -2.05. The van der Waals surface area contributed by atoms with Gasteiger partial charge in [-0.05, 0) is 0 Å². The lowest BCUT2D eigenvalue weighted by Gasteiger charge is -2.00. The van der Waals surface area contributed by atoms with Gasteiger partial charge < -0.3 is 14.6 Å². The van der Waals surface area contributed by atoms with Crippen molar-refractivity contribution in [2.24, 2.45) is 0 Å². The number of ether oxygens (including phenoxy) is 2. The molecule has 0 spiro atoms. The maximum absolute atomic E-state index is 10.5. The van der Waals surface area contributed by atoms with E-state index in [1.807, 2.05) is 0 Å². The SMILES string of the molecule is C=CC(=O)OC=C(O)COC(=O)C=C. The van der Waals surface area contributed by atoms with Gasteiger partial charge in [0, 0.05) is 12.2 Å². The summed E-state index contributed by atoms with van der Waals surface area (Å²) in [5.41, 5.74) is 0. The minimum atomic E-state index is -0.716. The molecule has 0 unspecified atom stereocenters. The van der Waals surface area contributed by atoms with Crippen molar-refractivity contribution in [3.8, 4) is 0 Å². The maximum Gasteiger partial charge on any atom is 0.335 e. The zero-order valence-corrected chi connectivity index (χ0v) is 7.43. The van der Waals surface area contributed by atoms with Gasteiger partial charge in [-0.3, -0.25) is 0 Å². The molecule has 0 aliphatic carbocycles. The van der Waals surface area contributed by atoms with E-state index in [-0.39, 0.29) is 6.61 Å². The third kappa shape index (κ3) is 5.59. The predicted octanol–water partition coefficient (Wildman–Crippen LogP) is 0.844. The molecule has 0 heterocycles. The van der Waals surface area contributed by atoms with Gasteiger partial charge in [0.25, 0.3) is 0 Å². The summed E-state index contributed by atoms with van der Waals surface area (Å²) in [5.74, 6) is -1.79. The van der Waals surface area contributed by atoms with E-state index < -0.39 is 17.7 Å². The minimum Gasteiger partial charge on any atom is -0.506 e. The van der Waals surface area contributed by atoms with Gasteiger partial charge in [-0.2, -0.15) is 0 Å². The van der Waals surface area contributed by atoms with Crippen LogP contribution in [-0.2, 0) is 19.1 Å². The largest absolute Gasteiger partial charge is 0.506 e. The Labute approximate surface area is 80.9 Å². The van der Waals surface area contributed by atoms with Gasteiger partial charge in [-0.25, -0.2) is 9.59 Å². The second kappa shape index (κ2) is 6.47. The van der Waals surface area contributed by atoms with Crippen molar-refractivity contribution in [3.05, 3.63) is 37.3 Å². The molecule has 0 aromatic heterocycles. The van der Waals surface area contributed by atoms with Crippen LogP contribution in [0.25, 0.3) is 0 Å². The van der Waals surface area contributed by atoms with Gasteiger partial charge in [0.05, 0.1) is 0 Å². The molecule has 0 radical (unpaired) electrons. The van der Waals surface area contributed by atoms with Gasteiger partial charge in [-0.1, -0.05) is 13.2 Å². The Hall–Kier alpha value is -2.04. The van der Waals surface area contributed by atoms with Gasteiger partial charge in [0.2, 0.25) is 0 Å². The Morgan fingerprint density at radius 2 is 1.79 bits per heavy atom. The van der Waals surface area contributed by atoms with Crippen LogP contribution >= 0.6 is 0 Å². The van der Waals surface area contributed by atoms with Crippen LogP contribution in [0, 0.1) is 0 Å². The van der Waals surface area contributed by atoms with E-state index in [2.05, 4.69) is 22.6 Å². The highest BCUT2D eigenvalue weighted by Gasteiger charge is 2.00. The quantitative estimate of drug-likeness (QED) is 0.402. The maximum atomic E-state index is 10.5. The molecule has 0 rings (SSSR count). The molecule has 0 atom stereocenters. The highest BCUT2D eigenvalue weighted by molar-refractivity contribution is 5.82. The normalized spacial score (nSPS) is 10.1. The van der Waals surface area contributed by atoms with Crippen LogP contribution in [0.3, 0.4) is 0 Å². The molecule has 0 bridgehead atoms. The first kappa shape index (κ1) is 12.0. The number of aliphatic hydroxyl groups excluding tert-OH is 1. The average molecular weight is 198 g/mol. The lowest BCUT2D eigenvalue weighted by atomic mass is 10.5. The first-order valence-electron chi connectivity index (χ1n) is 3.60. The average Bonchev–Trinajstić information content (AvgIpc) is 2.22. The summed E-state index contributed by atoms with van der Waals surface area (Å²) >= 11 is 0. The summed E-state index contributed by atoms with van der Waals surface area (Å²) in [4.78, 5) is 21.0. The highest BCUT2D eigenvalue weighted by Crippen LogP contribution is 1.93. The topological polar surface area (TPSA) is 72.8 Å². The van der Waals surface area contributed by atoms with Crippen LogP contribution in [0.2, 0.25) is 0 Å². The van der Waals surface area contributed by atoms with Crippen LogP contribution in [0.1, 0.15) is 0 Å². The fraction of sp³-hybridized carbons (Fsp3) is 0.111. The first-order valence-corrected chi connectivity index (χ1v) is 3.60. The van der Waals surface area contributed by atoms with E-state index in [0.717, 1.165) is 18.4 Å². The van der Waals surface area contributed by atoms with E-state index in [1.165, 1.54) is 0 Å². The van der Waals surface area contributed by atoms with Crippen molar-refractivity contribution in [2.45, 2.75) is 0 Å². The molecule has 0 aliphatic heterocycles. The molecule has 0 aromatic carbocycles. The number of hydrogen-bond acceptors (Lipinski definition) is 5. The Morgan fingerprint density at radius 3 is 2.29 bits per heavy atom. The summed E-state index contributed by atoms with van der Waals surface area (Å²) in [5, 5.41) is 8.98. The molecule has 5 heteroatoms. The Morgan fingerprint density at radius 1 is 1.21 bits per heavy atom. The molecular weight excluding hydrogens is 188 g/mol. The lowest BCUT2D eigenvalue weighted by molar-refractivity contribution is -0.137. The molecular formula is C9H10O5. The van der Waals surface area contributed by atoms with Crippen LogP contribution < -0.4 is 0 Å². The number of aliphatic hydroxyl groups is 1. The smallest absolute Gasteiger partial charge is 0.335 e. The fourth-order valence-corrected chi connectivity index (χ4v) is 0.412. The standard InChI is InChI=1S/C9H10O5/c1-3-8(11)13-5-7(10)6-14-9(12)4-2/h3-5,10H,1-2,6H2. The number of rotatable bonds is 5. The Bertz CT molecular complexity index is 277. The summed E-state index contributed by atoms with van der Waals surface area (Å²) in [6.45, 7) is 5.91. The van der Waals surface area contributed by atoms with E-state index in [0.29, 0.717) is 0 Å². The van der Waals surface area contributed by atoms with E-state index in [1.54, 1.807) is 0 Å². The second-order valence-corrected chi connectivity index (χ2v) is 2.06. The molecule has 0 aliphatic rings. The number of esters is 2. The van der Waals surface area contributed by atoms with Gasteiger partial charge >= 0.3 is 11.9 Å². The summed E-state index contributed by atoms with van der Waals surface area (Å²) in [6.07, 6.45) is 2.64. The molecule has 14 heavy (non-hydrogen) atoms. The van der Waals surface area contributed by atoms with E-state index >= 15 is 0 Å². The van der Waals surface area contributed by atoms with Crippen LogP contribution in [-0.4, -0.2) is 23.7 Å². The van der Waals surface area contributed by atoms with E-state index in [9.17, 15) is 9.59 Å². The van der Waals surface area contributed by atoms with Crippen molar-refractivity contribution in [1.82, 2.24) is 0 Å². The molecule has 0 amide bonds. The Kier molecular flexibility index (Phi) is 5.53. The van der Waals surface area contributed by atoms with Crippen molar-refractivity contribution in [1.29, 1.82) is 0 Å². The first-order chi connectivity index (χ1) is 6.60. The van der Waals surface area contributed by atoms with Gasteiger partial charge in [0.15, 0.2) is 12.4 Å². The molecule has 5 nitrogen and oxygen atoms in total. The monoisotopic (exact) mass is 198 g/mol. The zero-order chi connectivity index (χ0) is 11.0. The van der Waals surface area contributed by atoms with Gasteiger partial charge in [0.1, 0.15) is 6.26 Å². The molecule has 0 saturated carbocycles. The molecule has 76 valence electrons. The van der Waals surface area contributed by atoms with Gasteiger partial charge in [-0.15, -0.1) is 0 Å². The van der Waals surface area contributed by atoms with Crippen molar-refractivity contribution >= 4 is 11.9 Å². The third-order valence-corrected chi connectivity index (χ3v) is 1.01. The highest BCUT2D eigenvalue weighted by atomic mass is 16.6. The van der Waals surface area contributed by atoms with Crippen LogP contribution in [0.4, 0.5) is 0 Å². The fourth-order valence-electron chi connectivity index (χ4n) is 0.412. The summed E-state index contributed by atoms with van der Waals surface area (Å²) < 4.78 is 8.76. The molecule has 0 fully saturated rings. The molecule has 1 N–H and O–H groups in total.